The van der Waals surface area contributed by atoms with Crippen molar-refractivity contribution in [3.63, 3.8) is 0 Å². The van der Waals surface area contributed by atoms with Gasteiger partial charge >= 0.3 is 6.01 Å². The maximum atomic E-state index is 12.6. The number of thioether (sulfide) groups is 1. The molecule has 1 aromatic heterocycles. The zero-order valence-corrected chi connectivity index (χ0v) is 29.2. The van der Waals surface area contributed by atoms with Crippen molar-refractivity contribution in [1.82, 2.24) is 19.8 Å². The van der Waals surface area contributed by atoms with Gasteiger partial charge in [0.1, 0.15) is 11.8 Å². The van der Waals surface area contributed by atoms with Crippen molar-refractivity contribution in [3.8, 4) is 12.1 Å². The molecule has 1 amide bonds. The van der Waals surface area contributed by atoms with Gasteiger partial charge in [0, 0.05) is 48.9 Å². The molecule has 47 heavy (non-hydrogen) atoms. The number of piperazine rings is 1. The number of hydrogen-bond acceptors (Lipinski definition) is 9. The second-order valence-corrected chi connectivity index (χ2v) is 14.7. The van der Waals surface area contributed by atoms with Crippen LogP contribution in [-0.4, -0.2) is 81.8 Å². The van der Waals surface area contributed by atoms with Gasteiger partial charge < -0.3 is 19.4 Å². The molecule has 1 saturated heterocycles. The normalized spacial score (nSPS) is 19.6. The lowest BCUT2D eigenvalue weighted by Gasteiger charge is -2.46. The van der Waals surface area contributed by atoms with Gasteiger partial charge in [0.15, 0.2) is 0 Å². The summed E-state index contributed by atoms with van der Waals surface area (Å²) in [6.07, 6.45) is 7.12. The van der Waals surface area contributed by atoms with Gasteiger partial charge in [-0.25, -0.2) is 0 Å². The monoisotopic (exact) mass is 673 g/mol. The maximum Gasteiger partial charge on any atom is 0.319 e. The van der Waals surface area contributed by atoms with E-state index in [0.29, 0.717) is 44.2 Å². The second kappa shape index (κ2) is 14.3. The summed E-state index contributed by atoms with van der Waals surface area (Å²) in [5, 5.41) is 12.5. The zero-order valence-electron chi connectivity index (χ0n) is 27.6. The molecular formula is C36H44ClN7O2S. The Balaban J connectivity index is 1.30. The maximum absolute atomic E-state index is 12.6. The zero-order chi connectivity index (χ0) is 33.1. The minimum absolute atomic E-state index is 0.0505. The fourth-order valence-corrected chi connectivity index (χ4v) is 8.27. The third-order valence-electron chi connectivity index (χ3n) is 10.3. The summed E-state index contributed by atoms with van der Waals surface area (Å²) in [6, 6.07) is 15.3. The molecule has 11 heteroatoms. The second-order valence-electron chi connectivity index (χ2n) is 12.9. The van der Waals surface area contributed by atoms with Crippen molar-refractivity contribution in [2.75, 3.05) is 49.0 Å². The Morgan fingerprint density at radius 3 is 2.70 bits per heavy atom. The first-order chi connectivity index (χ1) is 22.8. The minimum atomic E-state index is -0.255. The van der Waals surface area contributed by atoms with Crippen LogP contribution in [0.4, 0.5) is 11.5 Å². The molecule has 9 nitrogen and oxygen atoms in total. The molecule has 3 aromatic rings. The summed E-state index contributed by atoms with van der Waals surface area (Å²) in [6.45, 7) is 11.2. The fraction of sp³-hybridized carbons (Fsp3) is 0.500. The quantitative estimate of drug-likeness (QED) is 0.164. The standard InChI is InChI=1S/C36H44ClN7O2S/c1-5-32(45)44-21-20-43(22-27(44)16-18-38)34-28-17-19-42(31-15-8-11-25-10-7-14-29(37)33(25)31)23-30(28)39-35(40-34)46-24-47-36(3,6-2)41(4)26-12-9-13-26/h5,7-8,10-11,14-15,26-27H,1,6,9,12-13,16-17,19-24H2,2-4H3/t27?,36-/m0/s1. The molecule has 2 aliphatic heterocycles. The van der Waals surface area contributed by atoms with Gasteiger partial charge in [0.05, 0.1) is 40.7 Å². The number of benzene rings is 2. The molecule has 3 aliphatic rings. The minimum Gasteiger partial charge on any atom is -0.452 e. The lowest BCUT2D eigenvalue weighted by atomic mass is 9.90. The summed E-state index contributed by atoms with van der Waals surface area (Å²) >= 11 is 8.53. The van der Waals surface area contributed by atoms with E-state index in [9.17, 15) is 10.1 Å². The molecular weight excluding hydrogens is 630 g/mol. The first-order valence-corrected chi connectivity index (χ1v) is 18.0. The molecule has 0 N–H and O–H groups in total. The van der Waals surface area contributed by atoms with Gasteiger partial charge in [-0.1, -0.05) is 67.6 Å². The summed E-state index contributed by atoms with van der Waals surface area (Å²) in [5.41, 5.74) is 3.10. The van der Waals surface area contributed by atoms with Crippen molar-refractivity contribution in [1.29, 1.82) is 5.26 Å². The predicted octanol–water partition coefficient (Wildman–Crippen LogP) is 6.64. The third kappa shape index (κ3) is 6.76. The molecule has 2 aromatic carbocycles. The van der Waals surface area contributed by atoms with Crippen LogP contribution in [0.25, 0.3) is 10.8 Å². The number of aromatic nitrogens is 2. The summed E-state index contributed by atoms with van der Waals surface area (Å²) in [7, 11) is 2.23. The predicted molar refractivity (Wildman–Crippen MR) is 191 cm³/mol. The van der Waals surface area contributed by atoms with Crippen LogP contribution in [0.5, 0.6) is 6.01 Å². The molecule has 2 atom stereocenters. The van der Waals surface area contributed by atoms with Gasteiger partial charge in [0.25, 0.3) is 0 Å². The number of nitriles is 1. The molecule has 0 spiro atoms. The van der Waals surface area contributed by atoms with Crippen molar-refractivity contribution < 1.29 is 9.53 Å². The number of hydrogen-bond donors (Lipinski definition) is 0. The number of carbonyl (C=O) groups is 1. The summed E-state index contributed by atoms with van der Waals surface area (Å²) in [4.78, 5) is 31.4. The highest BCUT2D eigenvalue weighted by molar-refractivity contribution is 8.00. The summed E-state index contributed by atoms with van der Waals surface area (Å²) in [5.74, 6) is 1.12. The van der Waals surface area contributed by atoms with Crippen LogP contribution in [0.1, 0.15) is 57.2 Å². The number of anilines is 2. The Morgan fingerprint density at radius 2 is 2.00 bits per heavy atom. The Bertz CT molecular complexity index is 1670. The van der Waals surface area contributed by atoms with Gasteiger partial charge in [-0.05, 0) is 63.2 Å². The number of fused-ring (bicyclic) bond motifs is 2. The van der Waals surface area contributed by atoms with Crippen molar-refractivity contribution >= 4 is 51.5 Å². The van der Waals surface area contributed by atoms with E-state index in [2.05, 4.69) is 72.5 Å². The van der Waals surface area contributed by atoms with Crippen LogP contribution < -0.4 is 14.5 Å². The van der Waals surface area contributed by atoms with Crippen LogP contribution in [0.2, 0.25) is 5.02 Å². The van der Waals surface area contributed by atoms with E-state index < -0.39 is 0 Å². The van der Waals surface area contributed by atoms with Crippen LogP contribution >= 0.6 is 23.4 Å². The van der Waals surface area contributed by atoms with Crippen LogP contribution in [0, 0.1) is 11.3 Å². The van der Waals surface area contributed by atoms with Crippen LogP contribution in [-0.2, 0) is 17.8 Å². The molecule has 3 heterocycles. The Labute approximate surface area is 287 Å². The molecule has 1 unspecified atom stereocenters. The SMILES string of the molecule is C=CC(=O)N1CCN(c2nc(OCS[C@@](C)(CC)N(C)C3CCC3)nc3c2CCN(c2cccc4cccc(Cl)c24)C3)CC1CC#N. The van der Waals surface area contributed by atoms with E-state index in [1.165, 1.54) is 25.3 Å². The lowest BCUT2D eigenvalue weighted by molar-refractivity contribution is -0.128. The van der Waals surface area contributed by atoms with E-state index in [0.717, 1.165) is 57.9 Å². The highest BCUT2D eigenvalue weighted by atomic mass is 35.5. The van der Waals surface area contributed by atoms with E-state index in [-0.39, 0.29) is 23.2 Å². The molecule has 0 bridgehead atoms. The molecule has 0 radical (unpaired) electrons. The largest absolute Gasteiger partial charge is 0.452 e. The molecule has 1 aliphatic carbocycles. The average Bonchev–Trinajstić information content (AvgIpc) is 3.06. The number of ether oxygens (including phenoxy) is 1. The Kier molecular flexibility index (Phi) is 10.2. The highest BCUT2D eigenvalue weighted by Crippen LogP contribution is 2.40. The fourth-order valence-electron chi connectivity index (χ4n) is 7.02. The smallest absolute Gasteiger partial charge is 0.319 e. The van der Waals surface area contributed by atoms with E-state index >= 15 is 0 Å². The van der Waals surface area contributed by atoms with Crippen molar-refractivity contribution in [2.24, 2.45) is 0 Å². The lowest BCUT2D eigenvalue weighted by Crippen LogP contribution is -2.55. The Morgan fingerprint density at radius 1 is 1.21 bits per heavy atom. The number of halogens is 1. The van der Waals surface area contributed by atoms with Gasteiger partial charge in [-0.2, -0.15) is 15.2 Å². The third-order valence-corrected chi connectivity index (χ3v) is 12.1. The molecule has 2 fully saturated rings. The first-order valence-electron chi connectivity index (χ1n) is 16.6. The van der Waals surface area contributed by atoms with Gasteiger partial charge in [-0.15, -0.1) is 0 Å². The number of amides is 1. The molecule has 6 rings (SSSR count). The van der Waals surface area contributed by atoms with Crippen molar-refractivity contribution in [2.45, 2.75) is 75.9 Å². The van der Waals surface area contributed by atoms with Crippen LogP contribution in [0.15, 0.2) is 49.1 Å². The average molecular weight is 674 g/mol. The van der Waals surface area contributed by atoms with Crippen molar-refractivity contribution in [3.05, 3.63) is 65.3 Å². The first kappa shape index (κ1) is 33.4. The van der Waals surface area contributed by atoms with Crippen LogP contribution in [0.3, 0.4) is 0 Å². The molecule has 1 saturated carbocycles. The number of carbonyl (C=O) groups excluding carboxylic acids is 1. The highest BCUT2D eigenvalue weighted by Gasteiger charge is 2.36. The van der Waals surface area contributed by atoms with E-state index in [1.54, 1.807) is 16.7 Å². The van der Waals surface area contributed by atoms with E-state index in [4.69, 9.17) is 26.3 Å². The van der Waals surface area contributed by atoms with E-state index in [1.807, 2.05) is 12.1 Å². The van der Waals surface area contributed by atoms with Gasteiger partial charge in [0.2, 0.25) is 5.91 Å². The number of nitrogens with zero attached hydrogens (tertiary/aromatic N) is 7. The summed E-state index contributed by atoms with van der Waals surface area (Å²) < 4.78 is 6.38. The Hall–Kier alpha value is -3.52. The van der Waals surface area contributed by atoms with Gasteiger partial charge in [-0.3, -0.25) is 9.69 Å². The molecule has 248 valence electrons. The number of rotatable bonds is 11. The topological polar surface area (TPSA) is 88.8 Å².